The van der Waals surface area contributed by atoms with E-state index in [1.807, 2.05) is 18.2 Å². The van der Waals surface area contributed by atoms with Crippen LogP contribution < -0.4 is 10.6 Å². The molecule has 3 heterocycles. The zero-order valence-electron chi connectivity index (χ0n) is 29.9. The van der Waals surface area contributed by atoms with Gasteiger partial charge in [-0.15, -0.1) is 5.10 Å². The summed E-state index contributed by atoms with van der Waals surface area (Å²) in [6.45, 7) is 4.43. The van der Waals surface area contributed by atoms with Crippen LogP contribution in [0.5, 0.6) is 0 Å². The van der Waals surface area contributed by atoms with E-state index in [-0.39, 0.29) is 34.3 Å². The Labute approximate surface area is 325 Å². The Morgan fingerprint density at radius 3 is 2.41 bits per heavy atom. The van der Waals surface area contributed by atoms with Gasteiger partial charge in [-0.05, 0) is 93.7 Å². The van der Waals surface area contributed by atoms with E-state index in [1.165, 1.54) is 64.5 Å². The molecule has 56 heavy (non-hydrogen) atoms. The van der Waals surface area contributed by atoms with Crippen LogP contribution in [0, 0.1) is 5.82 Å². The van der Waals surface area contributed by atoms with Crippen molar-refractivity contribution in [2.75, 3.05) is 51.3 Å². The van der Waals surface area contributed by atoms with Gasteiger partial charge < -0.3 is 25.4 Å². The number of carbonyl (C=O) groups is 4. The summed E-state index contributed by atoms with van der Waals surface area (Å²) in [5.74, 6) is -3.20. The molecule has 2 aliphatic rings. The lowest BCUT2D eigenvalue weighted by Gasteiger charge is -2.37. The summed E-state index contributed by atoms with van der Waals surface area (Å²) in [7, 11) is 0. The zero-order chi connectivity index (χ0) is 39.2. The van der Waals surface area contributed by atoms with E-state index in [9.17, 15) is 24.3 Å². The van der Waals surface area contributed by atoms with Crippen LogP contribution in [-0.2, 0) is 20.7 Å². The molecule has 1 atom stereocenters. The van der Waals surface area contributed by atoms with Gasteiger partial charge in [0, 0.05) is 55.6 Å². The first-order valence-corrected chi connectivity index (χ1v) is 18.2. The molecule has 286 valence electrons. The number of aromatic nitrogens is 4. The van der Waals surface area contributed by atoms with Gasteiger partial charge in [0.05, 0.1) is 29.5 Å². The van der Waals surface area contributed by atoms with Crippen LogP contribution in [0.3, 0.4) is 0 Å². The first kappa shape index (κ1) is 38.0. The van der Waals surface area contributed by atoms with Gasteiger partial charge in [-0.3, -0.25) is 19.3 Å². The Hall–Kier alpha value is -6.29. The minimum absolute atomic E-state index is 0.0356. The highest BCUT2D eigenvalue weighted by Crippen LogP contribution is 2.37. The van der Waals surface area contributed by atoms with Crippen molar-refractivity contribution >= 4 is 47.1 Å². The summed E-state index contributed by atoms with van der Waals surface area (Å²) >= 11 is 6.10. The summed E-state index contributed by atoms with van der Waals surface area (Å²) in [4.78, 5) is 56.2. The molecular weight excluding hydrogens is 743 g/mol. The third-order valence-corrected chi connectivity index (χ3v) is 10.0. The van der Waals surface area contributed by atoms with Crippen molar-refractivity contribution in [2.24, 2.45) is 0 Å². The molecule has 0 radical (unpaired) electrons. The summed E-state index contributed by atoms with van der Waals surface area (Å²) in [6, 6.07) is 20.1. The van der Waals surface area contributed by atoms with Crippen LogP contribution in [0.4, 0.5) is 10.1 Å². The van der Waals surface area contributed by atoms with Gasteiger partial charge in [-0.25, -0.2) is 9.18 Å². The molecule has 2 aliphatic heterocycles. The summed E-state index contributed by atoms with van der Waals surface area (Å²) in [5.41, 5.74) is 4.16. The molecule has 1 fully saturated rings. The number of morpholine rings is 1. The molecule has 14 nitrogen and oxygen atoms in total. The molecule has 0 saturated carbocycles. The number of amides is 3. The predicted molar refractivity (Wildman–Crippen MR) is 205 cm³/mol. The molecule has 0 aliphatic carbocycles. The first-order chi connectivity index (χ1) is 27.2. The van der Waals surface area contributed by atoms with Gasteiger partial charge in [-0.1, -0.05) is 41.9 Å². The van der Waals surface area contributed by atoms with Gasteiger partial charge in [0.15, 0.2) is 5.82 Å². The zero-order valence-corrected chi connectivity index (χ0v) is 30.7. The number of benzene rings is 4. The topological polar surface area (TPSA) is 172 Å². The van der Waals surface area contributed by atoms with E-state index in [0.717, 1.165) is 36.3 Å². The number of rotatable bonds is 11. The lowest BCUT2D eigenvalue weighted by Crippen LogP contribution is -2.45. The van der Waals surface area contributed by atoms with Crippen molar-refractivity contribution in [3.63, 3.8) is 0 Å². The highest BCUT2D eigenvalue weighted by molar-refractivity contribution is 6.31. The number of anilines is 1. The molecule has 1 saturated heterocycles. The average molecular weight is 779 g/mol. The fourth-order valence-electron chi connectivity index (χ4n) is 6.86. The number of hydrogen-bond donors (Lipinski definition) is 3. The molecule has 0 spiro atoms. The maximum Gasteiger partial charge on any atom is 0.335 e. The van der Waals surface area contributed by atoms with Crippen LogP contribution in [-0.4, -0.2) is 105 Å². The quantitative estimate of drug-likeness (QED) is 0.160. The summed E-state index contributed by atoms with van der Waals surface area (Å²) in [6.07, 6.45) is 4.10. The summed E-state index contributed by atoms with van der Waals surface area (Å²) in [5, 5.41) is 26.0. The smallest absolute Gasteiger partial charge is 0.335 e. The minimum Gasteiger partial charge on any atom is -0.478 e. The SMILES string of the molecule is O=C(O)c1ccc(NC(=O)C2c3cccc(-c4ccc(C(=O)NCCN5CCOCC5)cc4)c3CCN2C(=O)C=Cc2c(-n3cnnn3)ccc(Cl)c2F)cc1. The molecule has 1 aromatic heterocycles. The maximum absolute atomic E-state index is 15.4. The number of ether oxygens (including phenoxy) is 1. The number of halogens is 2. The Bertz CT molecular complexity index is 2280. The van der Waals surface area contributed by atoms with Crippen molar-refractivity contribution < 1.29 is 33.4 Å². The number of nitrogens with zero attached hydrogens (tertiary/aromatic N) is 6. The molecule has 16 heteroatoms. The number of tetrazole rings is 1. The Balaban J connectivity index is 1.16. The largest absolute Gasteiger partial charge is 0.478 e. The molecule has 0 bridgehead atoms. The lowest BCUT2D eigenvalue weighted by molar-refractivity contribution is -0.135. The van der Waals surface area contributed by atoms with Gasteiger partial charge in [-0.2, -0.15) is 4.68 Å². The average Bonchev–Trinajstić information content (AvgIpc) is 3.76. The Morgan fingerprint density at radius 1 is 0.946 bits per heavy atom. The van der Waals surface area contributed by atoms with Crippen molar-refractivity contribution in [1.82, 2.24) is 35.3 Å². The van der Waals surface area contributed by atoms with Crippen molar-refractivity contribution in [3.8, 4) is 16.8 Å². The Morgan fingerprint density at radius 2 is 1.70 bits per heavy atom. The van der Waals surface area contributed by atoms with Crippen molar-refractivity contribution in [2.45, 2.75) is 12.5 Å². The third kappa shape index (κ3) is 8.34. The van der Waals surface area contributed by atoms with Crippen molar-refractivity contribution in [3.05, 3.63) is 130 Å². The number of carboxylic acid groups (broad SMARTS) is 1. The van der Waals surface area contributed by atoms with Crippen LogP contribution in [0.1, 0.15) is 43.4 Å². The summed E-state index contributed by atoms with van der Waals surface area (Å²) < 4.78 is 22.0. The molecule has 1 unspecified atom stereocenters. The number of fused-ring (bicyclic) bond motifs is 1. The van der Waals surface area contributed by atoms with Crippen LogP contribution in [0.15, 0.2) is 91.3 Å². The van der Waals surface area contributed by atoms with Crippen molar-refractivity contribution in [1.29, 1.82) is 0 Å². The standard InChI is InChI=1S/C40H36ClFN8O6/c41-33-13-14-34(50-24-44-46-47-50)32(36(33)42)12-15-35(51)49-18-16-30-29(25-4-6-26(7-5-25)38(52)43-17-19-48-20-22-56-23-21-48)2-1-3-31(30)37(49)39(53)45-28-10-8-27(9-11-28)40(54)55/h1-15,24,37H,16-23H2,(H,43,52)(H,45,53)(H,54,55). The predicted octanol–water partition coefficient (Wildman–Crippen LogP) is 4.66. The fraction of sp³-hybridized carbons (Fsp3) is 0.225. The number of carbonyl (C=O) groups excluding carboxylic acids is 3. The van der Waals surface area contributed by atoms with Crippen LogP contribution >= 0.6 is 11.6 Å². The highest BCUT2D eigenvalue weighted by Gasteiger charge is 2.36. The first-order valence-electron chi connectivity index (χ1n) is 17.8. The van der Waals surface area contributed by atoms with E-state index in [1.54, 1.807) is 24.3 Å². The molecule has 3 amide bonds. The molecule has 5 aromatic rings. The van der Waals surface area contributed by atoms with Crippen LogP contribution in [0.2, 0.25) is 5.02 Å². The second-order valence-corrected chi connectivity index (χ2v) is 13.5. The highest BCUT2D eigenvalue weighted by atomic mass is 35.5. The normalized spacial score (nSPS) is 15.7. The number of nitrogens with one attached hydrogen (secondary N) is 2. The lowest BCUT2D eigenvalue weighted by atomic mass is 9.85. The monoisotopic (exact) mass is 778 g/mol. The number of aromatic carboxylic acids is 1. The van der Waals surface area contributed by atoms with Gasteiger partial charge in [0.2, 0.25) is 5.91 Å². The van der Waals surface area contributed by atoms with E-state index in [0.29, 0.717) is 43.0 Å². The molecule has 3 N–H and O–H groups in total. The van der Waals surface area contributed by atoms with E-state index >= 15 is 4.39 Å². The molecule has 7 rings (SSSR count). The van der Waals surface area contributed by atoms with E-state index < -0.39 is 29.6 Å². The Kier molecular flexibility index (Phi) is 11.6. The number of hydrogen-bond acceptors (Lipinski definition) is 9. The van der Waals surface area contributed by atoms with E-state index in [2.05, 4.69) is 31.1 Å². The van der Waals surface area contributed by atoms with Crippen LogP contribution in [0.25, 0.3) is 22.9 Å². The second kappa shape index (κ2) is 17.0. The minimum atomic E-state index is -1.13. The van der Waals surface area contributed by atoms with Gasteiger partial charge in [0.1, 0.15) is 12.4 Å². The maximum atomic E-state index is 15.4. The number of carboxylic acids is 1. The third-order valence-electron chi connectivity index (χ3n) is 9.73. The molecular formula is C40H36ClFN8O6. The van der Waals surface area contributed by atoms with E-state index in [4.69, 9.17) is 16.3 Å². The second-order valence-electron chi connectivity index (χ2n) is 13.1. The fourth-order valence-corrected chi connectivity index (χ4v) is 7.02. The molecule has 4 aromatic carbocycles. The van der Waals surface area contributed by atoms with Gasteiger partial charge >= 0.3 is 5.97 Å². The van der Waals surface area contributed by atoms with Gasteiger partial charge in [0.25, 0.3) is 11.8 Å².